The minimum Gasteiger partial charge on any atom is -0.454 e. The number of hydrogen-bond donors (Lipinski definition) is 0. The topological polar surface area (TPSA) is 92.0 Å². The van der Waals surface area contributed by atoms with E-state index >= 15 is 0 Å². The summed E-state index contributed by atoms with van der Waals surface area (Å²) >= 11 is 6.95. The number of para-hydroxylation sites is 1. The number of aromatic nitrogens is 2. The zero-order chi connectivity index (χ0) is 26.9. The van der Waals surface area contributed by atoms with Gasteiger partial charge in [-0.3, -0.25) is 4.79 Å². The van der Waals surface area contributed by atoms with E-state index in [1.807, 2.05) is 36.4 Å². The van der Waals surface area contributed by atoms with E-state index in [-0.39, 0.29) is 18.1 Å². The predicted octanol–water partition coefficient (Wildman–Crippen LogP) is 6.42. The lowest BCUT2D eigenvalue weighted by Gasteiger charge is -2.12. The van der Waals surface area contributed by atoms with Gasteiger partial charge in [-0.15, -0.1) is 0 Å². The first-order valence-corrected chi connectivity index (χ1v) is 13.3. The van der Waals surface area contributed by atoms with Gasteiger partial charge in [0, 0.05) is 15.6 Å². The van der Waals surface area contributed by atoms with Crippen LogP contribution in [0.15, 0.2) is 104 Å². The quantitative estimate of drug-likeness (QED) is 0.124. The van der Waals surface area contributed by atoms with Crippen LogP contribution in [0.25, 0.3) is 22.3 Å². The lowest BCUT2D eigenvalue weighted by atomic mass is 10.2. The first-order valence-electron chi connectivity index (χ1n) is 11.7. The molecule has 2 heterocycles. The molecule has 10 heteroatoms. The maximum atomic E-state index is 13.5. The third kappa shape index (κ3) is 4.96. The van der Waals surface area contributed by atoms with Gasteiger partial charge in [-0.1, -0.05) is 58.4 Å². The molecular weight excluding hydrogens is 630 g/mol. The van der Waals surface area contributed by atoms with Crippen LogP contribution in [0.5, 0.6) is 17.2 Å². The SMILES string of the molecule is O=C(Oc1c(Br)cc(Br)cc1C=Nn1c(-c2ccccc2)nc2ccccc2c1=O)c1ccc2c(c1)OCO2. The summed E-state index contributed by atoms with van der Waals surface area (Å²) < 4.78 is 18.9. The van der Waals surface area contributed by atoms with E-state index in [0.717, 1.165) is 5.56 Å². The first-order chi connectivity index (χ1) is 19.0. The van der Waals surface area contributed by atoms with Crippen LogP contribution in [0.1, 0.15) is 15.9 Å². The fourth-order valence-electron chi connectivity index (χ4n) is 4.08. The number of rotatable bonds is 5. The molecule has 192 valence electrons. The molecule has 0 fully saturated rings. The number of carbonyl (C=O) groups excluding carboxylic acids is 1. The molecular formula is C29H17Br2N3O5. The number of fused-ring (bicyclic) bond motifs is 2. The second kappa shape index (κ2) is 10.5. The van der Waals surface area contributed by atoms with Gasteiger partial charge < -0.3 is 14.2 Å². The average molecular weight is 647 g/mol. The second-order valence-electron chi connectivity index (χ2n) is 8.44. The lowest BCUT2D eigenvalue weighted by molar-refractivity contribution is 0.0732. The van der Waals surface area contributed by atoms with Crippen LogP contribution in [0.3, 0.4) is 0 Å². The van der Waals surface area contributed by atoms with Crippen LogP contribution in [0.4, 0.5) is 0 Å². The molecule has 0 atom stereocenters. The number of benzene rings is 4. The van der Waals surface area contributed by atoms with Crippen LogP contribution in [-0.4, -0.2) is 28.6 Å². The summed E-state index contributed by atoms with van der Waals surface area (Å²) in [7, 11) is 0. The number of ether oxygens (including phenoxy) is 3. The normalized spacial score (nSPS) is 12.3. The number of halogens is 2. The van der Waals surface area contributed by atoms with Crippen molar-refractivity contribution in [2.45, 2.75) is 0 Å². The van der Waals surface area contributed by atoms with Crippen molar-refractivity contribution in [2.24, 2.45) is 5.10 Å². The Kier molecular flexibility index (Phi) is 6.72. The molecule has 4 aromatic carbocycles. The standard InChI is InChI=1S/C29H17Br2N3O5/c30-20-12-19(26(22(31)14-20)39-29(36)18-10-11-24-25(13-18)38-16-37-24)15-32-34-27(17-6-2-1-3-7-17)33-23-9-5-4-8-21(23)28(34)35/h1-15H,16H2. The molecule has 0 unspecified atom stereocenters. The molecule has 0 saturated heterocycles. The van der Waals surface area contributed by atoms with Gasteiger partial charge in [0.2, 0.25) is 6.79 Å². The van der Waals surface area contributed by atoms with Crippen molar-refractivity contribution in [3.05, 3.63) is 115 Å². The summed E-state index contributed by atoms with van der Waals surface area (Å²) in [5.41, 5.74) is 1.70. The summed E-state index contributed by atoms with van der Waals surface area (Å²) in [6.07, 6.45) is 1.46. The largest absolute Gasteiger partial charge is 0.454 e. The van der Waals surface area contributed by atoms with Gasteiger partial charge in [-0.25, -0.2) is 9.78 Å². The minimum absolute atomic E-state index is 0.0979. The van der Waals surface area contributed by atoms with Crippen LogP contribution in [0, 0.1) is 0 Å². The molecule has 0 radical (unpaired) electrons. The van der Waals surface area contributed by atoms with Crippen molar-refractivity contribution in [1.82, 2.24) is 9.66 Å². The Labute approximate surface area is 238 Å². The van der Waals surface area contributed by atoms with E-state index < -0.39 is 5.97 Å². The summed E-state index contributed by atoms with van der Waals surface area (Å²) in [6, 6.07) is 24.7. The molecule has 1 aromatic heterocycles. The number of nitrogens with zero attached hydrogens (tertiary/aromatic N) is 3. The average Bonchev–Trinajstić information content (AvgIpc) is 3.42. The fraction of sp³-hybridized carbons (Fsp3) is 0.0345. The van der Waals surface area contributed by atoms with Crippen LogP contribution in [-0.2, 0) is 0 Å². The van der Waals surface area contributed by atoms with E-state index in [2.05, 4.69) is 37.0 Å². The number of carbonyl (C=O) groups is 1. The molecule has 0 amide bonds. The van der Waals surface area contributed by atoms with E-state index in [1.165, 1.54) is 10.9 Å². The van der Waals surface area contributed by atoms with Gasteiger partial charge in [-0.2, -0.15) is 9.78 Å². The summed E-state index contributed by atoms with van der Waals surface area (Å²) in [4.78, 5) is 31.3. The number of esters is 1. The Hall–Kier alpha value is -4.28. The zero-order valence-electron chi connectivity index (χ0n) is 20.0. The zero-order valence-corrected chi connectivity index (χ0v) is 23.2. The second-order valence-corrected chi connectivity index (χ2v) is 10.2. The van der Waals surface area contributed by atoms with Crippen molar-refractivity contribution < 1.29 is 19.0 Å². The summed E-state index contributed by atoms with van der Waals surface area (Å²) in [5, 5.41) is 4.95. The van der Waals surface area contributed by atoms with E-state index in [1.54, 1.807) is 48.5 Å². The minimum atomic E-state index is -0.597. The molecule has 5 aromatic rings. The fourth-order valence-corrected chi connectivity index (χ4v) is 5.42. The van der Waals surface area contributed by atoms with Gasteiger partial charge in [0.25, 0.3) is 5.56 Å². The highest BCUT2D eigenvalue weighted by Gasteiger charge is 2.20. The van der Waals surface area contributed by atoms with E-state index in [4.69, 9.17) is 19.2 Å². The lowest BCUT2D eigenvalue weighted by Crippen LogP contribution is -2.20. The number of hydrogen-bond acceptors (Lipinski definition) is 7. The third-order valence-corrected chi connectivity index (χ3v) is 6.99. The molecule has 1 aliphatic heterocycles. The monoisotopic (exact) mass is 645 g/mol. The summed E-state index contributed by atoms with van der Waals surface area (Å²) in [5.74, 6) is 1.04. The predicted molar refractivity (Wildman–Crippen MR) is 154 cm³/mol. The van der Waals surface area contributed by atoms with Gasteiger partial charge >= 0.3 is 5.97 Å². The van der Waals surface area contributed by atoms with E-state index in [9.17, 15) is 9.59 Å². The highest BCUT2D eigenvalue weighted by molar-refractivity contribution is 9.11. The van der Waals surface area contributed by atoms with Gasteiger partial charge in [0.05, 0.1) is 27.2 Å². The molecule has 39 heavy (non-hydrogen) atoms. The van der Waals surface area contributed by atoms with Crippen molar-refractivity contribution in [3.63, 3.8) is 0 Å². The van der Waals surface area contributed by atoms with Crippen molar-refractivity contribution >= 4 is 54.9 Å². The third-order valence-electron chi connectivity index (χ3n) is 5.94. The molecule has 8 nitrogen and oxygen atoms in total. The van der Waals surface area contributed by atoms with Crippen LogP contribution >= 0.6 is 31.9 Å². The van der Waals surface area contributed by atoms with Crippen molar-refractivity contribution in [3.8, 4) is 28.6 Å². The first kappa shape index (κ1) is 25.0. The highest BCUT2D eigenvalue weighted by atomic mass is 79.9. The maximum Gasteiger partial charge on any atom is 0.343 e. The van der Waals surface area contributed by atoms with Gasteiger partial charge in [0.1, 0.15) is 0 Å². The van der Waals surface area contributed by atoms with Crippen LogP contribution < -0.4 is 19.8 Å². The smallest absolute Gasteiger partial charge is 0.343 e. The molecule has 0 spiro atoms. The Morgan fingerprint density at radius 3 is 2.56 bits per heavy atom. The summed E-state index contributed by atoms with van der Waals surface area (Å²) in [6.45, 7) is 0.0979. The van der Waals surface area contributed by atoms with Crippen molar-refractivity contribution in [1.29, 1.82) is 0 Å². The Morgan fingerprint density at radius 2 is 1.72 bits per heavy atom. The van der Waals surface area contributed by atoms with Crippen LogP contribution in [0.2, 0.25) is 0 Å². The van der Waals surface area contributed by atoms with E-state index in [0.29, 0.717) is 48.3 Å². The molecule has 0 aliphatic carbocycles. The Bertz CT molecular complexity index is 1840. The molecule has 0 bridgehead atoms. The molecule has 0 N–H and O–H groups in total. The molecule has 6 rings (SSSR count). The Morgan fingerprint density at radius 1 is 0.949 bits per heavy atom. The Balaban J connectivity index is 1.42. The molecule has 0 saturated carbocycles. The van der Waals surface area contributed by atoms with Gasteiger partial charge in [0.15, 0.2) is 23.1 Å². The highest BCUT2D eigenvalue weighted by Crippen LogP contribution is 2.35. The van der Waals surface area contributed by atoms with Gasteiger partial charge in [-0.05, 0) is 58.4 Å². The maximum absolute atomic E-state index is 13.5. The molecule has 1 aliphatic rings. The van der Waals surface area contributed by atoms with Crippen molar-refractivity contribution in [2.75, 3.05) is 6.79 Å².